The first-order valence-electron chi connectivity index (χ1n) is 20.9. The van der Waals surface area contributed by atoms with Gasteiger partial charge < -0.3 is 0 Å². The Balaban J connectivity index is 1.05. The molecule has 2 aliphatic rings. The Kier molecular flexibility index (Phi) is 9.01. The highest BCUT2D eigenvalue weighted by molar-refractivity contribution is 6.01. The monoisotopic (exact) mass is 771 g/mol. The van der Waals surface area contributed by atoms with E-state index in [2.05, 4.69) is 243 Å². The van der Waals surface area contributed by atoms with Gasteiger partial charge in [0.25, 0.3) is 5.82 Å². The van der Waals surface area contributed by atoms with Crippen LogP contribution in [0.1, 0.15) is 25.1 Å². The number of aromatic nitrogens is 2. The Morgan fingerprint density at radius 2 is 0.950 bits per heavy atom. The third kappa shape index (κ3) is 6.39. The van der Waals surface area contributed by atoms with E-state index < -0.39 is 0 Å². The topological polar surface area (TPSA) is 15.3 Å². The van der Waals surface area contributed by atoms with Gasteiger partial charge >= 0.3 is 0 Å². The molecule has 9 aromatic rings. The lowest BCUT2D eigenvalue weighted by Gasteiger charge is -2.25. The van der Waals surface area contributed by atoms with Crippen molar-refractivity contribution in [1.29, 1.82) is 0 Å². The zero-order valence-electron chi connectivity index (χ0n) is 33.3. The van der Waals surface area contributed by atoms with Gasteiger partial charge in [-0.25, -0.2) is 0 Å². The molecule has 0 unspecified atom stereocenters. The van der Waals surface area contributed by atoms with Crippen molar-refractivity contribution in [3.63, 3.8) is 0 Å². The molecule has 1 aromatic heterocycles. The molecule has 0 radical (unpaired) electrons. The number of hydrogen-bond acceptors (Lipinski definition) is 2. The summed E-state index contributed by atoms with van der Waals surface area (Å²) < 4.78 is 4.82. The van der Waals surface area contributed by atoms with Crippen molar-refractivity contribution in [3.05, 3.63) is 241 Å². The standard InChI is InChI=1S/C56H43N4/c1-5-24-47(25-6-1)57-51-37-43-20-13-14-21-44(43)38-52(51)58(48-26-7-2-8-27-48)55(57)34-32-41-18-17-19-42(36-41)33-35-56-59(49-28-9-3-10-29-49)53-39-45-22-15-16-23-46(45)40-54(53)60(56)50-30-11-4-12-31-50/h1-16,20-40H,17-19H2/q+1. The maximum atomic E-state index is 2.41. The van der Waals surface area contributed by atoms with E-state index in [4.69, 9.17) is 0 Å². The molecule has 8 aromatic carbocycles. The van der Waals surface area contributed by atoms with Gasteiger partial charge in [0.1, 0.15) is 17.2 Å². The Morgan fingerprint density at radius 1 is 0.450 bits per heavy atom. The highest BCUT2D eigenvalue weighted by Gasteiger charge is 2.34. The number of anilines is 4. The SMILES string of the molecule is C1=C(/C=C/c2n(-c3ccccc3)c3cc4ccccc4cc3[n+]2-c2ccccc2)CCC/C1=C\C=C1N(c2ccccc2)c2cc3ccccc3cc2N1c1ccccc1. The van der Waals surface area contributed by atoms with Crippen LogP contribution in [0.2, 0.25) is 0 Å². The van der Waals surface area contributed by atoms with Gasteiger partial charge in [0, 0.05) is 17.5 Å². The molecule has 286 valence electrons. The van der Waals surface area contributed by atoms with Crippen molar-refractivity contribution in [2.45, 2.75) is 19.3 Å². The molecule has 11 rings (SSSR count). The Labute approximate surface area is 350 Å². The summed E-state index contributed by atoms with van der Waals surface area (Å²) in [5.74, 6) is 2.20. The van der Waals surface area contributed by atoms with Crippen LogP contribution in [-0.2, 0) is 0 Å². The van der Waals surface area contributed by atoms with Crippen LogP contribution >= 0.6 is 0 Å². The van der Waals surface area contributed by atoms with E-state index in [9.17, 15) is 0 Å². The summed E-state index contributed by atoms with van der Waals surface area (Å²) in [6.07, 6.45) is 14.9. The maximum absolute atomic E-state index is 2.41. The molecule has 0 fully saturated rings. The first-order valence-corrected chi connectivity index (χ1v) is 20.9. The quantitative estimate of drug-likeness (QED) is 0.150. The maximum Gasteiger partial charge on any atom is 0.292 e. The summed E-state index contributed by atoms with van der Waals surface area (Å²) in [5, 5.41) is 4.91. The predicted octanol–water partition coefficient (Wildman–Crippen LogP) is 14.1. The molecular weight excluding hydrogens is 729 g/mol. The zero-order valence-corrected chi connectivity index (χ0v) is 33.3. The minimum Gasteiger partial charge on any atom is -0.294 e. The fourth-order valence-corrected chi connectivity index (χ4v) is 9.04. The number of fused-ring (bicyclic) bond motifs is 4. The van der Waals surface area contributed by atoms with Crippen molar-refractivity contribution in [1.82, 2.24) is 4.57 Å². The largest absolute Gasteiger partial charge is 0.294 e. The number of hydrogen-bond donors (Lipinski definition) is 0. The third-order valence-corrected chi connectivity index (χ3v) is 11.8. The van der Waals surface area contributed by atoms with Crippen molar-refractivity contribution in [2.75, 3.05) is 9.80 Å². The van der Waals surface area contributed by atoms with E-state index >= 15 is 0 Å². The first-order chi connectivity index (χ1) is 29.8. The van der Waals surface area contributed by atoms with E-state index in [1.54, 1.807) is 0 Å². The Morgan fingerprint density at radius 3 is 1.53 bits per heavy atom. The number of nitrogens with zero attached hydrogens (tertiary/aromatic N) is 4. The van der Waals surface area contributed by atoms with E-state index in [0.717, 1.165) is 53.7 Å². The summed E-state index contributed by atoms with van der Waals surface area (Å²) >= 11 is 0. The van der Waals surface area contributed by atoms with Gasteiger partial charge in [-0.15, -0.1) is 0 Å². The van der Waals surface area contributed by atoms with Gasteiger partial charge in [-0.3, -0.25) is 9.80 Å². The van der Waals surface area contributed by atoms with Crippen LogP contribution < -0.4 is 14.4 Å². The van der Waals surface area contributed by atoms with E-state index in [0.29, 0.717) is 0 Å². The smallest absolute Gasteiger partial charge is 0.292 e. The number of allylic oxidation sites excluding steroid dienone is 6. The average Bonchev–Trinajstić information content (AvgIpc) is 3.81. The minimum absolute atomic E-state index is 1.02. The second-order valence-electron chi connectivity index (χ2n) is 15.6. The molecule has 1 aliphatic heterocycles. The second-order valence-corrected chi connectivity index (χ2v) is 15.6. The number of benzene rings is 8. The van der Waals surface area contributed by atoms with Crippen molar-refractivity contribution < 1.29 is 4.57 Å². The molecule has 0 saturated carbocycles. The summed E-state index contributed by atoms with van der Waals surface area (Å²) in [6.45, 7) is 0. The van der Waals surface area contributed by atoms with Crippen LogP contribution in [0.25, 0.3) is 50.0 Å². The minimum atomic E-state index is 1.02. The molecule has 1 aliphatic carbocycles. The van der Waals surface area contributed by atoms with Gasteiger partial charge in [0.15, 0.2) is 11.0 Å². The molecule has 0 N–H and O–H groups in total. The van der Waals surface area contributed by atoms with Crippen LogP contribution in [0.3, 0.4) is 0 Å². The van der Waals surface area contributed by atoms with Crippen molar-refractivity contribution in [2.24, 2.45) is 0 Å². The first kappa shape index (κ1) is 35.5. The van der Waals surface area contributed by atoms with E-state index in [-0.39, 0.29) is 0 Å². The molecule has 4 heteroatoms. The highest BCUT2D eigenvalue weighted by Crippen LogP contribution is 2.51. The molecule has 60 heavy (non-hydrogen) atoms. The molecule has 0 spiro atoms. The number of imidazole rings is 1. The molecule has 0 atom stereocenters. The van der Waals surface area contributed by atoms with Crippen LogP contribution in [0, 0.1) is 0 Å². The zero-order chi connectivity index (χ0) is 39.8. The number of rotatable bonds is 7. The Hall–Kier alpha value is -7.69. The van der Waals surface area contributed by atoms with E-state index in [1.165, 1.54) is 55.1 Å². The fraction of sp³-hybridized carbons (Fsp3) is 0.0536. The third-order valence-electron chi connectivity index (χ3n) is 11.8. The lowest BCUT2D eigenvalue weighted by Crippen LogP contribution is -2.33. The molecule has 0 amide bonds. The molecule has 0 bridgehead atoms. The molecular formula is C56H43N4+. The molecule has 2 heterocycles. The normalized spacial score (nSPS) is 14.8. The predicted molar refractivity (Wildman–Crippen MR) is 251 cm³/mol. The fourth-order valence-electron chi connectivity index (χ4n) is 9.04. The van der Waals surface area contributed by atoms with Gasteiger partial charge in [0.05, 0.1) is 11.4 Å². The lowest BCUT2D eigenvalue weighted by molar-refractivity contribution is -0.570. The van der Waals surface area contributed by atoms with Gasteiger partial charge in [-0.2, -0.15) is 9.13 Å². The van der Waals surface area contributed by atoms with Crippen LogP contribution in [0.15, 0.2) is 235 Å². The Bertz CT molecular complexity index is 2970. The van der Waals surface area contributed by atoms with Gasteiger partial charge in [-0.1, -0.05) is 140 Å². The molecule has 0 saturated heterocycles. The van der Waals surface area contributed by atoms with Gasteiger partial charge in [-0.05, 0) is 131 Å². The summed E-state index contributed by atoms with van der Waals surface area (Å²) in [5.41, 5.74) is 11.9. The summed E-state index contributed by atoms with van der Waals surface area (Å²) in [6, 6.07) is 69.7. The van der Waals surface area contributed by atoms with Crippen LogP contribution in [-0.4, -0.2) is 4.57 Å². The second kappa shape index (κ2) is 15.2. The average molecular weight is 772 g/mol. The lowest BCUT2D eigenvalue weighted by atomic mass is 9.94. The summed E-state index contributed by atoms with van der Waals surface area (Å²) in [7, 11) is 0. The summed E-state index contributed by atoms with van der Waals surface area (Å²) in [4.78, 5) is 4.82. The van der Waals surface area contributed by atoms with Crippen LogP contribution in [0.5, 0.6) is 0 Å². The van der Waals surface area contributed by atoms with E-state index in [1.807, 2.05) is 0 Å². The van der Waals surface area contributed by atoms with Crippen LogP contribution in [0.4, 0.5) is 22.7 Å². The van der Waals surface area contributed by atoms with Crippen molar-refractivity contribution in [3.8, 4) is 11.4 Å². The number of para-hydroxylation sites is 4. The molecule has 4 nitrogen and oxygen atoms in total. The van der Waals surface area contributed by atoms with Crippen molar-refractivity contribution >= 4 is 61.4 Å². The van der Waals surface area contributed by atoms with Gasteiger partial charge in [0.2, 0.25) is 0 Å². The highest BCUT2D eigenvalue weighted by atomic mass is 15.4.